The number of rotatable bonds is 5. The van der Waals surface area contributed by atoms with Crippen LogP contribution in [-0.4, -0.2) is 55.5 Å². The third kappa shape index (κ3) is 4.33. The van der Waals surface area contributed by atoms with Gasteiger partial charge in [-0.1, -0.05) is 29.8 Å². The van der Waals surface area contributed by atoms with E-state index < -0.39 is 0 Å². The van der Waals surface area contributed by atoms with Crippen molar-refractivity contribution in [3.63, 3.8) is 0 Å². The van der Waals surface area contributed by atoms with Crippen LogP contribution in [-0.2, 0) is 7.05 Å². The summed E-state index contributed by atoms with van der Waals surface area (Å²) in [6.07, 6.45) is 1.73. The predicted molar refractivity (Wildman–Crippen MR) is 137 cm³/mol. The summed E-state index contributed by atoms with van der Waals surface area (Å²) in [5.74, 6) is 0.576. The molecule has 0 spiro atoms. The number of fused-ring (bicyclic) bond motifs is 1. The summed E-state index contributed by atoms with van der Waals surface area (Å²) in [6.45, 7) is 4.97. The van der Waals surface area contributed by atoms with Crippen LogP contribution in [0.1, 0.15) is 31.4 Å². The molecule has 4 aromatic rings. The SMILES string of the molecule is Cc1cccc(-c2sc(C)nc2C(=O)N2CCSC2CNC(=O)c2ccc3c(c2)ncn3C)c1. The Morgan fingerprint density at radius 3 is 2.85 bits per heavy atom. The van der Waals surface area contributed by atoms with Gasteiger partial charge >= 0.3 is 0 Å². The van der Waals surface area contributed by atoms with Crippen molar-refractivity contribution in [3.05, 3.63) is 70.6 Å². The molecule has 1 saturated heterocycles. The first-order valence-electron chi connectivity index (χ1n) is 11.1. The minimum Gasteiger partial charge on any atom is -0.349 e. The number of hydrogen-bond donors (Lipinski definition) is 1. The van der Waals surface area contributed by atoms with Crippen molar-refractivity contribution in [2.75, 3.05) is 18.8 Å². The molecule has 2 aromatic carbocycles. The van der Waals surface area contributed by atoms with Crippen LogP contribution in [0.4, 0.5) is 0 Å². The molecular weight excluding hydrogens is 466 g/mol. The van der Waals surface area contributed by atoms with Crippen molar-refractivity contribution < 1.29 is 9.59 Å². The van der Waals surface area contributed by atoms with Gasteiger partial charge < -0.3 is 14.8 Å². The van der Waals surface area contributed by atoms with Crippen LogP contribution in [0.25, 0.3) is 21.5 Å². The maximum Gasteiger partial charge on any atom is 0.274 e. The molecule has 1 fully saturated rings. The van der Waals surface area contributed by atoms with E-state index in [1.54, 1.807) is 30.2 Å². The van der Waals surface area contributed by atoms with Gasteiger partial charge in [0.2, 0.25) is 0 Å². The highest BCUT2D eigenvalue weighted by Gasteiger charge is 2.33. The Labute approximate surface area is 206 Å². The zero-order chi connectivity index (χ0) is 23.8. The molecule has 34 heavy (non-hydrogen) atoms. The van der Waals surface area contributed by atoms with Gasteiger partial charge in [-0.15, -0.1) is 23.1 Å². The molecular formula is C25H25N5O2S2. The molecule has 0 bridgehead atoms. The number of nitrogens with zero attached hydrogens (tertiary/aromatic N) is 4. The van der Waals surface area contributed by atoms with Crippen LogP contribution >= 0.6 is 23.1 Å². The third-order valence-electron chi connectivity index (χ3n) is 5.89. The van der Waals surface area contributed by atoms with Crippen molar-refractivity contribution in [1.82, 2.24) is 24.8 Å². The van der Waals surface area contributed by atoms with E-state index >= 15 is 0 Å². The first kappa shape index (κ1) is 22.6. The summed E-state index contributed by atoms with van der Waals surface area (Å²) in [7, 11) is 1.92. The van der Waals surface area contributed by atoms with Gasteiger partial charge in [-0.25, -0.2) is 9.97 Å². The van der Waals surface area contributed by atoms with E-state index in [-0.39, 0.29) is 17.2 Å². The molecule has 1 unspecified atom stereocenters. The van der Waals surface area contributed by atoms with E-state index in [0.29, 0.717) is 24.3 Å². The average molecular weight is 492 g/mol. The second kappa shape index (κ2) is 9.23. The quantitative estimate of drug-likeness (QED) is 0.451. The monoisotopic (exact) mass is 491 g/mol. The molecule has 1 aliphatic heterocycles. The number of amides is 2. The number of imidazole rings is 1. The number of carbonyl (C=O) groups excluding carboxylic acids is 2. The number of thiazole rings is 1. The molecule has 9 heteroatoms. The molecule has 0 saturated carbocycles. The Hall–Kier alpha value is -3.17. The number of nitrogens with one attached hydrogen (secondary N) is 1. The number of aromatic nitrogens is 3. The Kier molecular flexibility index (Phi) is 6.14. The lowest BCUT2D eigenvalue weighted by molar-refractivity contribution is 0.0747. The van der Waals surface area contributed by atoms with E-state index in [0.717, 1.165) is 37.8 Å². The van der Waals surface area contributed by atoms with Crippen molar-refractivity contribution >= 4 is 45.9 Å². The molecule has 0 radical (unpaired) electrons. The van der Waals surface area contributed by atoms with Gasteiger partial charge in [0, 0.05) is 31.5 Å². The largest absolute Gasteiger partial charge is 0.349 e. The summed E-state index contributed by atoms with van der Waals surface area (Å²) in [5.41, 5.74) is 4.96. The molecule has 174 valence electrons. The van der Waals surface area contributed by atoms with Crippen LogP contribution in [0.5, 0.6) is 0 Å². The van der Waals surface area contributed by atoms with Gasteiger partial charge in [0.15, 0.2) is 0 Å². The number of benzene rings is 2. The van der Waals surface area contributed by atoms with Crippen molar-refractivity contribution in [3.8, 4) is 10.4 Å². The summed E-state index contributed by atoms with van der Waals surface area (Å²) in [4.78, 5) is 38.0. The second-order valence-corrected chi connectivity index (χ2v) is 10.9. The van der Waals surface area contributed by atoms with Crippen LogP contribution in [0.15, 0.2) is 48.8 Å². The molecule has 2 aromatic heterocycles. The predicted octanol–water partition coefficient (Wildman–Crippen LogP) is 4.26. The number of aryl methyl sites for hydroxylation is 3. The van der Waals surface area contributed by atoms with E-state index in [1.165, 1.54) is 11.3 Å². The molecule has 2 amide bonds. The van der Waals surface area contributed by atoms with Gasteiger partial charge in [0.1, 0.15) is 5.69 Å². The zero-order valence-corrected chi connectivity index (χ0v) is 20.9. The molecule has 5 rings (SSSR count). The lowest BCUT2D eigenvalue weighted by Crippen LogP contribution is -2.42. The van der Waals surface area contributed by atoms with Gasteiger partial charge in [-0.3, -0.25) is 9.59 Å². The average Bonchev–Trinajstić information content (AvgIpc) is 3.55. The number of carbonyl (C=O) groups is 2. The summed E-state index contributed by atoms with van der Waals surface area (Å²) in [5, 5.41) is 3.73. The van der Waals surface area contributed by atoms with E-state index in [9.17, 15) is 9.59 Å². The summed E-state index contributed by atoms with van der Waals surface area (Å²) < 4.78 is 1.92. The number of hydrogen-bond acceptors (Lipinski definition) is 6. The van der Waals surface area contributed by atoms with E-state index in [4.69, 9.17) is 0 Å². The first-order chi connectivity index (χ1) is 16.4. The van der Waals surface area contributed by atoms with Gasteiger partial charge in [-0.2, -0.15) is 0 Å². The van der Waals surface area contributed by atoms with E-state index in [2.05, 4.69) is 21.4 Å². The summed E-state index contributed by atoms with van der Waals surface area (Å²) >= 11 is 3.22. The highest BCUT2D eigenvalue weighted by atomic mass is 32.2. The fourth-order valence-electron chi connectivity index (χ4n) is 4.17. The van der Waals surface area contributed by atoms with Gasteiger partial charge in [-0.05, 0) is 37.6 Å². The molecule has 7 nitrogen and oxygen atoms in total. The first-order valence-corrected chi connectivity index (χ1v) is 12.9. The molecule has 1 N–H and O–H groups in total. The molecule has 1 atom stereocenters. The molecule has 3 heterocycles. The van der Waals surface area contributed by atoms with Gasteiger partial charge in [0.05, 0.1) is 32.6 Å². The standard InChI is InChI=1S/C25H25N5O2S2/c1-15-5-4-6-17(11-15)23-22(28-16(2)34-23)25(32)30-9-10-33-21(30)13-26-24(31)18-7-8-20-19(12-18)27-14-29(20)3/h4-8,11-12,14,21H,9-10,13H2,1-3H3,(H,26,31). The minimum absolute atomic E-state index is 0.0833. The van der Waals surface area contributed by atoms with Crippen LogP contribution < -0.4 is 5.32 Å². The van der Waals surface area contributed by atoms with E-state index in [1.807, 2.05) is 54.6 Å². The highest BCUT2D eigenvalue weighted by Crippen LogP contribution is 2.33. The van der Waals surface area contributed by atoms with Crippen LogP contribution in [0.3, 0.4) is 0 Å². The fourth-order valence-corrected chi connectivity index (χ4v) is 6.24. The Morgan fingerprint density at radius 1 is 1.18 bits per heavy atom. The van der Waals surface area contributed by atoms with Crippen LogP contribution in [0.2, 0.25) is 0 Å². The lowest BCUT2D eigenvalue weighted by atomic mass is 10.1. The Morgan fingerprint density at radius 2 is 2.03 bits per heavy atom. The zero-order valence-electron chi connectivity index (χ0n) is 19.2. The fraction of sp³-hybridized carbons (Fsp3) is 0.280. The lowest BCUT2D eigenvalue weighted by Gasteiger charge is -2.24. The van der Waals surface area contributed by atoms with Crippen LogP contribution in [0, 0.1) is 13.8 Å². The summed E-state index contributed by atoms with van der Waals surface area (Å²) in [6, 6.07) is 13.6. The third-order valence-corrected chi connectivity index (χ3v) is 8.14. The minimum atomic E-state index is -0.169. The molecule has 1 aliphatic rings. The smallest absolute Gasteiger partial charge is 0.274 e. The van der Waals surface area contributed by atoms with Crippen molar-refractivity contribution in [2.45, 2.75) is 19.2 Å². The normalized spacial score (nSPS) is 15.7. The Bertz CT molecular complexity index is 1390. The van der Waals surface area contributed by atoms with Crippen molar-refractivity contribution in [2.24, 2.45) is 7.05 Å². The molecule has 0 aliphatic carbocycles. The second-order valence-electron chi connectivity index (χ2n) is 8.37. The van der Waals surface area contributed by atoms with Gasteiger partial charge in [0.25, 0.3) is 11.8 Å². The highest BCUT2D eigenvalue weighted by molar-refractivity contribution is 8.00. The van der Waals surface area contributed by atoms with Crippen molar-refractivity contribution in [1.29, 1.82) is 0 Å². The Balaban J connectivity index is 1.31. The maximum atomic E-state index is 13.5. The number of thioether (sulfide) groups is 1. The topological polar surface area (TPSA) is 80.1 Å². The maximum absolute atomic E-state index is 13.5.